The van der Waals surface area contributed by atoms with Crippen molar-refractivity contribution in [3.63, 3.8) is 0 Å². The van der Waals surface area contributed by atoms with E-state index in [-0.39, 0.29) is 0 Å². The molecule has 4 heteroatoms. The maximum Gasteiger partial charge on any atom is 0.141 e. The minimum Gasteiger partial charge on any atom is -0.318 e. The van der Waals surface area contributed by atoms with Crippen molar-refractivity contribution < 1.29 is 4.57 Å². The molecule has 0 aromatic rings. The fraction of sp³-hybridized carbons (Fsp3) is 1.00. The van der Waals surface area contributed by atoms with Crippen molar-refractivity contribution in [1.82, 2.24) is 10.4 Å². The van der Waals surface area contributed by atoms with E-state index in [1.165, 1.54) is 0 Å². The third-order valence-electron chi connectivity index (χ3n) is 0.868. The third-order valence-corrected chi connectivity index (χ3v) is 1.85. The van der Waals surface area contributed by atoms with Crippen LogP contribution in [0.4, 0.5) is 0 Å². The van der Waals surface area contributed by atoms with Crippen LogP contribution in [0.15, 0.2) is 0 Å². The van der Waals surface area contributed by atoms with E-state index in [4.69, 9.17) is 0 Å². The lowest BCUT2D eigenvalue weighted by Gasteiger charge is -2.07. The number of hydrogen-bond acceptors (Lipinski definition) is 2. The van der Waals surface area contributed by atoms with Crippen LogP contribution in [0.1, 0.15) is 0 Å². The Morgan fingerprint density at radius 1 is 1.33 bits per heavy atom. The van der Waals surface area contributed by atoms with E-state index in [1.807, 2.05) is 7.05 Å². The highest BCUT2D eigenvalue weighted by Crippen LogP contribution is 2.28. The second-order valence-corrected chi connectivity index (χ2v) is 5.38. The minimum absolute atomic E-state index is 0.779. The summed E-state index contributed by atoms with van der Waals surface area (Å²) in [5.74, 6) is 0. The Morgan fingerprint density at radius 2 is 1.89 bits per heavy atom. The van der Waals surface area contributed by atoms with E-state index >= 15 is 0 Å². The maximum absolute atomic E-state index is 11.0. The zero-order valence-electron chi connectivity index (χ0n) is 6.27. The first-order valence-corrected chi connectivity index (χ1v) is 5.61. The molecule has 0 rings (SSSR count). The number of likely N-dealkylation sites (N-methyl/N-ethyl adjacent to an activating group) is 1. The average molecular weight is 150 g/mol. The van der Waals surface area contributed by atoms with Crippen LogP contribution in [0, 0.1) is 0 Å². The Labute approximate surface area is 56.6 Å². The van der Waals surface area contributed by atoms with Gasteiger partial charge in [-0.15, -0.1) is 0 Å². The molecule has 0 amide bonds. The molecule has 0 radical (unpaired) electrons. The molecule has 56 valence electrons. The minimum atomic E-state index is -1.99. The van der Waals surface area contributed by atoms with E-state index in [0.717, 1.165) is 13.1 Å². The Morgan fingerprint density at radius 3 is 2.22 bits per heavy atom. The van der Waals surface area contributed by atoms with Gasteiger partial charge in [0.25, 0.3) is 0 Å². The molecule has 0 saturated carbocycles. The normalized spacial score (nSPS) is 11.9. The molecule has 0 aromatic heterocycles. The van der Waals surface area contributed by atoms with Crippen molar-refractivity contribution in [2.75, 3.05) is 33.5 Å². The molecule has 0 aliphatic rings. The van der Waals surface area contributed by atoms with E-state index in [2.05, 4.69) is 10.4 Å². The molecule has 0 saturated heterocycles. The van der Waals surface area contributed by atoms with Crippen LogP contribution < -0.4 is 10.4 Å². The molecule has 0 aliphatic carbocycles. The van der Waals surface area contributed by atoms with E-state index in [1.54, 1.807) is 13.3 Å². The monoisotopic (exact) mass is 150 g/mol. The van der Waals surface area contributed by atoms with Crippen LogP contribution >= 0.6 is 7.29 Å². The predicted molar refractivity (Wildman–Crippen MR) is 41.4 cm³/mol. The van der Waals surface area contributed by atoms with Crippen molar-refractivity contribution in [2.24, 2.45) is 0 Å². The lowest BCUT2D eigenvalue weighted by atomic mass is 10.7. The van der Waals surface area contributed by atoms with Gasteiger partial charge in [0, 0.05) is 26.4 Å². The van der Waals surface area contributed by atoms with Gasteiger partial charge >= 0.3 is 0 Å². The molecule has 0 spiro atoms. The summed E-state index contributed by atoms with van der Waals surface area (Å²) in [6.07, 6.45) is 0. The van der Waals surface area contributed by atoms with Crippen molar-refractivity contribution >= 4 is 7.29 Å². The van der Waals surface area contributed by atoms with Crippen molar-refractivity contribution in [3.05, 3.63) is 0 Å². The van der Waals surface area contributed by atoms with Gasteiger partial charge in [-0.1, -0.05) is 0 Å². The first-order chi connectivity index (χ1) is 4.06. The van der Waals surface area contributed by atoms with Gasteiger partial charge in [0.2, 0.25) is 0 Å². The van der Waals surface area contributed by atoms with Gasteiger partial charge in [0.15, 0.2) is 0 Å². The molecule has 0 aliphatic heterocycles. The molecule has 0 unspecified atom stereocenters. The first kappa shape index (κ1) is 9.15. The predicted octanol–water partition coefficient (Wildman–Crippen LogP) is 0.333. The molecule has 0 bridgehead atoms. The van der Waals surface area contributed by atoms with Crippen molar-refractivity contribution in [3.8, 4) is 0 Å². The lowest BCUT2D eigenvalue weighted by molar-refractivity contribution is 0.571. The largest absolute Gasteiger partial charge is 0.318 e. The highest BCUT2D eigenvalue weighted by Gasteiger charge is 2.02. The molecular weight excluding hydrogens is 135 g/mol. The average Bonchev–Trinajstić information content (AvgIpc) is 1.63. The molecule has 2 N–H and O–H groups in total. The second-order valence-electron chi connectivity index (χ2n) is 2.36. The van der Waals surface area contributed by atoms with Crippen molar-refractivity contribution in [1.29, 1.82) is 0 Å². The summed E-state index contributed by atoms with van der Waals surface area (Å²) in [6.45, 7) is 5.10. The molecule has 0 heterocycles. The summed E-state index contributed by atoms with van der Waals surface area (Å²) < 4.78 is 11.0. The standard InChI is InChI=1S/C5H15N2OP/c1-6-4-5-7-9(2,3)8/h6H,4-5H2,1-3H3,(H,7,8). The summed E-state index contributed by atoms with van der Waals surface area (Å²) in [5.41, 5.74) is 0. The van der Waals surface area contributed by atoms with E-state index < -0.39 is 7.29 Å². The van der Waals surface area contributed by atoms with Crippen LogP contribution in [0.2, 0.25) is 0 Å². The Balaban J connectivity index is 3.18. The number of nitrogens with one attached hydrogen (secondary N) is 2. The Kier molecular flexibility index (Phi) is 4.11. The molecule has 0 atom stereocenters. The topological polar surface area (TPSA) is 41.1 Å². The van der Waals surface area contributed by atoms with E-state index in [9.17, 15) is 4.57 Å². The van der Waals surface area contributed by atoms with Crippen molar-refractivity contribution in [2.45, 2.75) is 0 Å². The van der Waals surface area contributed by atoms with E-state index in [0.29, 0.717) is 0 Å². The molecule has 0 fully saturated rings. The summed E-state index contributed by atoms with van der Waals surface area (Å²) in [7, 11) is -0.112. The first-order valence-electron chi connectivity index (χ1n) is 3.01. The maximum atomic E-state index is 11.0. The Bertz CT molecular complexity index is 110. The molecule has 3 nitrogen and oxygen atoms in total. The zero-order valence-corrected chi connectivity index (χ0v) is 7.16. The summed E-state index contributed by atoms with van der Waals surface area (Å²) >= 11 is 0. The third kappa shape index (κ3) is 8.15. The van der Waals surface area contributed by atoms with Crippen LogP contribution in [0.25, 0.3) is 0 Å². The van der Waals surface area contributed by atoms with Gasteiger partial charge < -0.3 is 9.88 Å². The fourth-order valence-corrected chi connectivity index (χ4v) is 1.10. The van der Waals surface area contributed by atoms with Crippen LogP contribution in [0.3, 0.4) is 0 Å². The molecular formula is C5H15N2OP. The summed E-state index contributed by atoms with van der Waals surface area (Å²) in [4.78, 5) is 0. The number of rotatable bonds is 4. The number of hydrogen-bond donors (Lipinski definition) is 2. The van der Waals surface area contributed by atoms with Gasteiger partial charge in [-0.05, 0) is 7.05 Å². The zero-order chi connectivity index (χ0) is 7.33. The van der Waals surface area contributed by atoms with Crippen LogP contribution in [0.5, 0.6) is 0 Å². The van der Waals surface area contributed by atoms with Crippen LogP contribution in [-0.4, -0.2) is 33.5 Å². The summed E-state index contributed by atoms with van der Waals surface area (Å²) in [6, 6.07) is 0. The smallest absolute Gasteiger partial charge is 0.141 e. The van der Waals surface area contributed by atoms with Gasteiger partial charge in [0.05, 0.1) is 0 Å². The highest BCUT2D eigenvalue weighted by molar-refractivity contribution is 7.60. The van der Waals surface area contributed by atoms with Crippen LogP contribution in [-0.2, 0) is 4.57 Å². The van der Waals surface area contributed by atoms with Gasteiger partial charge in [-0.25, -0.2) is 0 Å². The van der Waals surface area contributed by atoms with Gasteiger partial charge in [0.1, 0.15) is 7.29 Å². The highest BCUT2D eigenvalue weighted by atomic mass is 31.2. The SMILES string of the molecule is CNCCNP(C)(C)=O. The van der Waals surface area contributed by atoms with Gasteiger partial charge in [-0.3, -0.25) is 5.09 Å². The quantitative estimate of drug-likeness (QED) is 0.448. The lowest BCUT2D eigenvalue weighted by Crippen LogP contribution is -2.22. The molecule has 9 heavy (non-hydrogen) atoms. The Hall–Kier alpha value is 0.150. The fourth-order valence-electron chi connectivity index (χ4n) is 0.450. The second kappa shape index (κ2) is 4.04. The van der Waals surface area contributed by atoms with Gasteiger partial charge in [-0.2, -0.15) is 0 Å². The summed E-state index contributed by atoms with van der Waals surface area (Å²) in [5, 5.41) is 5.87. The molecule has 0 aromatic carbocycles.